The number of carbonyl (C=O) groups excluding carboxylic acids is 2. The van der Waals surface area contributed by atoms with Crippen LogP contribution in [0, 0.1) is 23.2 Å². The smallest absolute Gasteiger partial charge is 0.236 e. The van der Waals surface area contributed by atoms with Gasteiger partial charge < -0.3 is 14.5 Å². The molecule has 134 valence electrons. The van der Waals surface area contributed by atoms with Gasteiger partial charge in [0.1, 0.15) is 12.1 Å². The van der Waals surface area contributed by atoms with Gasteiger partial charge in [0, 0.05) is 19.0 Å². The van der Waals surface area contributed by atoms with Gasteiger partial charge in [0.25, 0.3) is 0 Å². The second kappa shape index (κ2) is 5.68. The minimum atomic E-state index is -0.947. The predicted molar refractivity (Wildman–Crippen MR) is 85.9 cm³/mol. The molecule has 5 nitrogen and oxygen atoms in total. The zero-order valence-electron chi connectivity index (χ0n) is 14.5. The quantitative estimate of drug-likeness (QED) is 0.780. The summed E-state index contributed by atoms with van der Waals surface area (Å²) in [6.07, 6.45) is 2.87. The molecule has 0 spiro atoms. The Morgan fingerprint density at radius 1 is 1.12 bits per heavy atom. The molecule has 0 aromatic carbocycles. The third kappa shape index (κ3) is 2.29. The van der Waals surface area contributed by atoms with E-state index >= 15 is 0 Å². The first-order valence-electron chi connectivity index (χ1n) is 9.20. The van der Waals surface area contributed by atoms with Crippen LogP contribution in [0.1, 0.15) is 33.1 Å². The number of fused-ring (bicyclic) bond motifs is 2. The van der Waals surface area contributed by atoms with Crippen LogP contribution in [0.3, 0.4) is 0 Å². The summed E-state index contributed by atoms with van der Waals surface area (Å²) < 4.78 is 18.4. The summed E-state index contributed by atoms with van der Waals surface area (Å²) >= 11 is 0. The molecule has 6 heteroatoms. The monoisotopic (exact) mass is 338 g/mol. The van der Waals surface area contributed by atoms with Crippen LogP contribution in [-0.2, 0) is 14.3 Å². The number of piperazine rings is 1. The van der Waals surface area contributed by atoms with Gasteiger partial charge >= 0.3 is 0 Å². The van der Waals surface area contributed by atoms with E-state index in [1.165, 1.54) is 0 Å². The van der Waals surface area contributed by atoms with E-state index in [1.807, 2.05) is 9.80 Å². The average molecular weight is 338 g/mol. The molecule has 24 heavy (non-hydrogen) atoms. The van der Waals surface area contributed by atoms with Crippen LogP contribution < -0.4 is 0 Å². The van der Waals surface area contributed by atoms with Crippen molar-refractivity contribution in [3.63, 3.8) is 0 Å². The SMILES string of the molecule is CC(C)C1CC(C(=O)N2C[C@@H]3C[C@H]2CN3C(=O)C2(CF)COC2)C1. The van der Waals surface area contributed by atoms with E-state index in [-0.39, 0.29) is 43.0 Å². The number of hydrogen-bond donors (Lipinski definition) is 0. The molecule has 0 N–H and O–H groups in total. The molecule has 2 atom stereocenters. The molecule has 2 bridgehead atoms. The Balaban J connectivity index is 1.35. The molecule has 0 aromatic heterocycles. The molecular weight excluding hydrogens is 311 g/mol. The van der Waals surface area contributed by atoms with Gasteiger partial charge in [-0.25, -0.2) is 4.39 Å². The van der Waals surface area contributed by atoms with Crippen molar-refractivity contribution in [3.05, 3.63) is 0 Å². The highest BCUT2D eigenvalue weighted by molar-refractivity contribution is 5.86. The zero-order valence-corrected chi connectivity index (χ0v) is 14.5. The van der Waals surface area contributed by atoms with Crippen molar-refractivity contribution in [3.8, 4) is 0 Å². The van der Waals surface area contributed by atoms with Gasteiger partial charge in [0.2, 0.25) is 11.8 Å². The topological polar surface area (TPSA) is 49.9 Å². The van der Waals surface area contributed by atoms with Gasteiger partial charge in [0.05, 0.1) is 25.3 Å². The van der Waals surface area contributed by atoms with E-state index in [2.05, 4.69) is 13.8 Å². The minimum Gasteiger partial charge on any atom is -0.379 e. The van der Waals surface area contributed by atoms with Crippen molar-refractivity contribution in [2.24, 2.45) is 23.2 Å². The first-order chi connectivity index (χ1) is 11.4. The number of carbonyl (C=O) groups is 2. The van der Waals surface area contributed by atoms with Crippen molar-refractivity contribution < 1.29 is 18.7 Å². The zero-order chi connectivity index (χ0) is 17.1. The van der Waals surface area contributed by atoms with Crippen molar-refractivity contribution in [2.75, 3.05) is 33.0 Å². The first kappa shape index (κ1) is 16.3. The Kier molecular flexibility index (Phi) is 3.86. The predicted octanol–water partition coefficient (Wildman–Crippen LogP) is 1.47. The van der Waals surface area contributed by atoms with E-state index in [0.717, 1.165) is 19.3 Å². The molecule has 0 radical (unpaired) electrons. The number of amides is 2. The molecule has 4 aliphatic rings. The molecule has 3 heterocycles. The van der Waals surface area contributed by atoms with Crippen LogP contribution in [0.15, 0.2) is 0 Å². The standard InChI is InChI=1S/C18H27FN2O3/c1-11(2)12-3-13(4-12)16(22)20-6-15-5-14(20)7-21(15)17(23)18(8-19)9-24-10-18/h11-15H,3-10H2,1-2H3/t12?,13?,14-,15-/m0/s1. The summed E-state index contributed by atoms with van der Waals surface area (Å²) in [5.74, 6) is 1.68. The summed E-state index contributed by atoms with van der Waals surface area (Å²) in [6.45, 7) is 5.36. The minimum absolute atomic E-state index is 0.0662. The number of nitrogens with zero attached hydrogens (tertiary/aromatic N) is 2. The highest BCUT2D eigenvalue weighted by Crippen LogP contribution is 2.43. The van der Waals surface area contributed by atoms with Crippen LogP contribution in [0.2, 0.25) is 0 Å². The van der Waals surface area contributed by atoms with Gasteiger partial charge in [-0.1, -0.05) is 13.8 Å². The fraction of sp³-hybridized carbons (Fsp3) is 0.889. The maximum Gasteiger partial charge on any atom is 0.236 e. The normalized spacial score (nSPS) is 36.7. The highest BCUT2D eigenvalue weighted by atomic mass is 19.1. The highest BCUT2D eigenvalue weighted by Gasteiger charge is 2.55. The van der Waals surface area contributed by atoms with E-state index in [4.69, 9.17) is 4.74 Å². The number of likely N-dealkylation sites (tertiary alicyclic amines) is 2. The van der Waals surface area contributed by atoms with Crippen LogP contribution in [0.4, 0.5) is 4.39 Å². The molecule has 1 aliphatic carbocycles. The van der Waals surface area contributed by atoms with E-state index < -0.39 is 12.1 Å². The number of alkyl halides is 1. The second-order valence-electron chi connectivity index (χ2n) is 8.57. The Hall–Kier alpha value is -1.17. The Morgan fingerprint density at radius 3 is 2.21 bits per heavy atom. The largest absolute Gasteiger partial charge is 0.379 e. The summed E-state index contributed by atoms with van der Waals surface area (Å²) in [7, 11) is 0. The third-order valence-corrected chi connectivity index (χ3v) is 6.72. The lowest BCUT2D eigenvalue weighted by Gasteiger charge is -2.45. The van der Waals surface area contributed by atoms with Gasteiger partial charge in [-0.3, -0.25) is 9.59 Å². The number of rotatable bonds is 4. The fourth-order valence-electron chi connectivity index (χ4n) is 4.74. The molecule has 4 rings (SSSR count). The molecule has 3 saturated heterocycles. The molecule has 2 amide bonds. The number of ether oxygens (including phenoxy) is 1. The van der Waals surface area contributed by atoms with E-state index in [1.54, 1.807) is 0 Å². The second-order valence-corrected chi connectivity index (χ2v) is 8.57. The van der Waals surface area contributed by atoms with E-state index in [0.29, 0.717) is 24.9 Å². The maximum atomic E-state index is 13.3. The maximum absolute atomic E-state index is 13.3. The van der Waals surface area contributed by atoms with Gasteiger partial charge in [-0.2, -0.15) is 0 Å². The molecule has 0 unspecified atom stereocenters. The van der Waals surface area contributed by atoms with Crippen LogP contribution >= 0.6 is 0 Å². The van der Waals surface area contributed by atoms with Crippen LogP contribution in [0.5, 0.6) is 0 Å². The lowest BCUT2D eigenvalue weighted by molar-refractivity contribution is -0.178. The van der Waals surface area contributed by atoms with Crippen molar-refractivity contribution >= 4 is 11.8 Å². The Labute approximate surface area is 142 Å². The fourth-order valence-corrected chi connectivity index (χ4v) is 4.74. The van der Waals surface area contributed by atoms with Gasteiger partial charge in [-0.15, -0.1) is 0 Å². The van der Waals surface area contributed by atoms with Crippen molar-refractivity contribution in [1.82, 2.24) is 9.80 Å². The summed E-state index contributed by atoms with van der Waals surface area (Å²) in [6, 6.07) is 0.193. The summed E-state index contributed by atoms with van der Waals surface area (Å²) in [4.78, 5) is 29.2. The first-order valence-corrected chi connectivity index (χ1v) is 9.20. The van der Waals surface area contributed by atoms with Crippen molar-refractivity contribution in [2.45, 2.75) is 45.2 Å². The number of hydrogen-bond acceptors (Lipinski definition) is 3. The van der Waals surface area contributed by atoms with Crippen LogP contribution in [-0.4, -0.2) is 66.7 Å². The average Bonchev–Trinajstić information content (AvgIpc) is 3.04. The molecule has 3 aliphatic heterocycles. The van der Waals surface area contributed by atoms with Crippen LogP contribution in [0.25, 0.3) is 0 Å². The summed E-state index contributed by atoms with van der Waals surface area (Å²) in [5, 5.41) is 0. The molecule has 0 aromatic rings. The molecular formula is C18H27FN2O3. The van der Waals surface area contributed by atoms with E-state index in [9.17, 15) is 14.0 Å². The Morgan fingerprint density at radius 2 is 1.75 bits per heavy atom. The molecule has 4 fully saturated rings. The lowest BCUT2D eigenvalue weighted by atomic mass is 9.69. The van der Waals surface area contributed by atoms with Gasteiger partial charge in [0.15, 0.2) is 0 Å². The summed E-state index contributed by atoms with van der Waals surface area (Å²) in [5.41, 5.74) is -0.947. The van der Waals surface area contributed by atoms with Crippen molar-refractivity contribution in [1.29, 1.82) is 0 Å². The van der Waals surface area contributed by atoms with Gasteiger partial charge in [-0.05, 0) is 31.1 Å². The Bertz CT molecular complexity index is 537. The number of halogens is 1. The molecule has 1 saturated carbocycles. The third-order valence-electron chi connectivity index (χ3n) is 6.72. The lowest BCUT2D eigenvalue weighted by Crippen LogP contribution is -2.61.